The number of hydrogen-bond donors (Lipinski definition) is 1. The maximum atomic E-state index is 5.95. The number of hydrogen-bond acceptors (Lipinski definition) is 5. The van der Waals surface area contributed by atoms with E-state index in [1.807, 2.05) is 23.2 Å². The zero-order chi connectivity index (χ0) is 11.1. The lowest BCUT2D eigenvalue weighted by molar-refractivity contribution is 1.09. The van der Waals surface area contributed by atoms with E-state index in [-0.39, 0.29) is 0 Å². The van der Waals surface area contributed by atoms with Crippen molar-refractivity contribution in [2.24, 2.45) is 0 Å². The first-order valence-electron chi connectivity index (χ1n) is 4.72. The van der Waals surface area contributed by atoms with Crippen LogP contribution in [0.3, 0.4) is 0 Å². The highest BCUT2D eigenvalue weighted by atomic mass is 79.9. The first kappa shape index (κ1) is 10.6. The van der Waals surface area contributed by atoms with Gasteiger partial charge in [0.05, 0.1) is 10.6 Å². The second-order valence-corrected chi connectivity index (χ2v) is 6.20. The average Bonchev–Trinajstić information content (AvgIpc) is 2.85. The fourth-order valence-corrected chi connectivity index (χ4v) is 4.17. The number of rotatable bonds is 1. The fraction of sp³-hybridized carbons (Fsp3) is 0.200. The Morgan fingerprint density at radius 3 is 2.94 bits per heavy atom. The molecule has 0 spiro atoms. The number of nitrogens with zero attached hydrogens (tertiary/aromatic N) is 2. The molecule has 3 rings (SSSR count). The van der Waals surface area contributed by atoms with Crippen LogP contribution < -0.4 is 5.73 Å². The van der Waals surface area contributed by atoms with Crippen LogP contribution in [-0.2, 0) is 11.5 Å². The van der Waals surface area contributed by atoms with Gasteiger partial charge >= 0.3 is 0 Å². The van der Waals surface area contributed by atoms with Crippen LogP contribution >= 0.6 is 39.0 Å². The van der Waals surface area contributed by atoms with E-state index in [9.17, 15) is 0 Å². The van der Waals surface area contributed by atoms with Crippen LogP contribution in [0.4, 0.5) is 5.82 Å². The molecule has 0 atom stereocenters. The Morgan fingerprint density at radius 2 is 2.19 bits per heavy atom. The fourth-order valence-electron chi connectivity index (χ4n) is 1.63. The zero-order valence-electron chi connectivity index (χ0n) is 8.24. The number of aromatic nitrogens is 2. The monoisotopic (exact) mass is 313 g/mol. The molecule has 1 aliphatic heterocycles. The van der Waals surface area contributed by atoms with Crippen molar-refractivity contribution in [3.63, 3.8) is 0 Å². The molecule has 82 valence electrons. The molecule has 6 heteroatoms. The third-order valence-corrected chi connectivity index (χ3v) is 5.23. The van der Waals surface area contributed by atoms with Gasteiger partial charge in [-0.3, -0.25) is 0 Å². The maximum Gasteiger partial charge on any atom is 0.173 e. The van der Waals surface area contributed by atoms with Crippen LogP contribution in [0.2, 0.25) is 0 Å². The zero-order valence-corrected chi connectivity index (χ0v) is 11.5. The van der Waals surface area contributed by atoms with Gasteiger partial charge in [0, 0.05) is 21.5 Å². The quantitative estimate of drug-likeness (QED) is 0.877. The Morgan fingerprint density at radius 1 is 1.31 bits per heavy atom. The Balaban J connectivity index is 2.17. The van der Waals surface area contributed by atoms with Crippen LogP contribution in [0, 0.1) is 0 Å². The predicted molar refractivity (Wildman–Crippen MR) is 72.5 cm³/mol. The molecule has 0 bridgehead atoms. The minimum atomic E-state index is 0.630. The Labute approximate surface area is 110 Å². The molecule has 3 nitrogen and oxygen atoms in total. The van der Waals surface area contributed by atoms with Gasteiger partial charge in [-0.2, -0.15) is 11.8 Å². The molecule has 0 amide bonds. The Hall–Kier alpha value is -0.590. The SMILES string of the molecule is Nc1nc(-c2sccc2Br)nc2c1CSC2. The van der Waals surface area contributed by atoms with Crippen LogP contribution in [-0.4, -0.2) is 9.97 Å². The number of thioether (sulfide) groups is 1. The third-order valence-electron chi connectivity index (χ3n) is 2.43. The van der Waals surface area contributed by atoms with Crippen LogP contribution in [0.25, 0.3) is 10.7 Å². The highest BCUT2D eigenvalue weighted by molar-refractivity contribution is 9.10. The van der Waals surface area contributed by atoms with Gasteiger partial charge in [-0.15, -0.1) is 11.3 Å². The van der Waals surface area contributed by atoms with Gasteiger partial charge in [0.25, 0.3) is 0 Å². The smallest absolute Gasteiger partial charge is 0.173 e. The molecule has 0 saturated heterocycles. The summed E-state index contributed by atoms with van der Waals surface area (Å²) in [7, 11) is 0. The summed E-state index contributed by atoms with van der Waals surface area (Å²) in [6.07, 6.45) is 0. The van der Waals surface area contributed by atoms with Crippen LogP contribution in [0.5, 0.6) is 0 Å². The summed E-state index contributed by atoms with van der Waals surface area (Å²) in [4.78, 5) is 10.0. The maximum absolute atomic E-state index is 5.95. The molecule has 0 fully saturated rings. The van der Waals surface area contributed by atoms with Gasteiger partial charge in [-0.05, 0) is 27.4 Å². The molecule has 0 aromatic carbocycles. The molecule has 2 N–H and O–H groups in total. The number of nitrogens with two attached hydrogens (primary N) is 1. The van der Waals surface area contributed by atoms with E-state index in [1.54, 1.807) is 11.3 Å². The number of anilines is 1. The molecule has 3 heterocycles. The first-order valence-corrected chi connectivity index (χ1v) is 7.55. The Kier molecular flexibility index (Phi) is 2.65. The van der Waals surface area contributed by atoms with Crippen molar-refractivity contribution < 1.29 is 0 Å². The van der Waals surface area contributed by atoms with Gasteiger partial charge in [0.15, 0.2) is 5.82 Å². The summed E-state index contributed by atoms with van der Waals surface area (Å²) < 4.78 is 1.03. The number of halogens is 1. The lowest BCUT2D eigenvalue weighted by Crippen LogP contribution is -2.02. The van der Waals surface area contributed by atoms with Crippen LogP contribution in [0.1, 0.15) is 11.3 Å². The van der Waals surface area contributed by atoms with Crippen molar-refractivity contribution >= 4 is 44.8 Å². The minimum Gasteiger partial charge on any atom is -0.383 e. The highest BCUT2D eigenvalue weighted by Crippen LogP contribution is 2.36. The predicted octanol–water partition coefficient (Wildman–Crippen LogP) is 3.30. The first-order chi connectivity index (χ1) is 7.75. The van der Waals surface area contributed by atoms with E-state index in [4.69, 9.17) is 5.73 Å². The van der Waals surface area contributed by atoms with Crippen molar-refractivity contribution in [1.29, 1.82) is 0 Å². The second kappa shape index (κ2) is 4.01. The molecular formula is C10H8BrN3S2. The highest BCUT2D eigenvalue weighted by Gasteiger charge is 2.19. The molecule has 1 aliphatic rings. The summed E-state index contributed by atoms with van der Waals surface area (Å²) in [6.45, 7) is 0. The van der Waals surface area contributed by atoms with E-state index in [0.29, 0.717) is 5.82 Å². The Bertz CT molecular complexity index is 553. The second-order valence-electron chi connectivity index (χ2n) is 3.45. The summed E-state index contributed by atoms with van der Waals surface area (Å²) in [5.41, 5.74) is 8.16. The summed E-state index contributed by atoms with van der Waals surface area (Å²) in [5, 5.41) is 2.01. The summed E-state index contributed by atoms with van der Waals surface area (Å²) in [6, 6.07) is 2.00. The molecule has 2 aromatic rings. The normalized spacial score (nSPS) is 14.1. The lowest BCUT2D eigenvalue weighted by Gasteiger charge is -2.04. The summed E-state index contributed by atoms with van der Waals surface area (Å²) >= 11 is 6.95. The van der Waals surface area contributed by atoms with Crippen molar-refractivity contribution in [2.45, 2.75) is 11.5 Å². The van der Waals surface area contributed by atoms with E-state index in [0.717, 1.165) is 37.9 Å². The minimum absolute atomic E-state index is 0.630. The molecular weight excluding hydrogens is 306 g/mol. The van der Waals surface area contributed by atoms with E-state index < -0.39 is 0 Å². The van der Waals surface area contributed by atoms with Gasteiger partial charge in [-0.25, -0.2) is 9.97 Å². The molecule has 0 saturated carbocycles. The average molecular weight is 314 g/mol. The largest absolute Gasteiger partial charge is 0.383 e. The van der Waals surface area contributed by atoms with Crippen molar-refractivity contribution in [3.05, 3.63) is 27.2 Å². The number of fused-ring (bicyclic) bond motifs is 1. The van der Waals surface area contributed by atoms with Crippen LogP contribution in [0.15, 0.2) is 15.9 Å². The van der Waals surface area contributed by atoms with E-state index >= 15 is 0 Å². The molecule has 2 aromatic heterocycles. The van der Waals surface area contributed by atoms with Gasteiger partial charge in [-0.1, -0.05) is 0 Å². The molecule has 0 unspecified atom stereocenters. The van der Waals surface area contributed by atoms with Crippen molar-refractivity contribution in [3.8, 4) is 10.7 Å². The van der Waals surface area contributed by atoms with Crippen molar-refractivity contribution in [2.75, 3.05) is 5.73 Å². The number of thiophene rings is 1. The van der Waals surface area contributed by atoms with Gasteiger partial charge < -0.3 is 5.73 Å². The van der Waals surface area contributed by atoms with E-state index in [1.165, 1.54) is 0 Å². The van der Waals surface area contributed by atoms with Crippen molar-refractivity contribution in [1.82, 2.24) is 9.97 Å². The van der Waals surface area contributed by atoms with Gasteiger partial charge in [0.1, 0.15) is 5.82 Å². The summed E-state index contributed by atoms with van der Waals surface area (Å²) in [5.74, 6) is 3.25. The molecule has 16 heavy (non-hydrogen) atoms. The molecule has 0 radical (unpaired) electrons. The standard InChI is InChI=1S/C10H8BrN3S2/c11-6-1-2-16-8(6)10-13-7-4-15-3-5(7)9(12)14-10/h1-2H,3-4H2,(H2,12,13,14). The van der Waals surface area contributed by atoms with Gasteiger partial charge in [0.2, 0.25) is 0 Å². The third kappa shape index (κ3) is 1.65. The lowest BCUT2D eigenvalue weighted by atomic mass is 10.2. The van der Waals surface area contributed by atoms with E-state index in [2.05, 4.69) is 25.9 Å². The topological polar surface area (TPSA) is 51.8 Å². The molecule has 0 aliphatic carbocycles. The number of nitrogen functional groups attached to an aromatic ring is 1.